The Morgan fingerprint density at radius 3 is 2.05 bits per heavy atom. The second kappa shape index (κ2) is 6.86. The third-order valence-electron chi connectivity index (χ3n) is 4.67. The number of aliphatic hydroxyl groups excluding tert-OH is 1. The monoisotopic (exact) mass is 313 g/mol. The van der Waals surface area contributed by atoms with Crippen LogP contribution in [0.25, 0.3) is 0 Å². The fraction of sp³-hybridized carbons (Fsp3) is 0.625. The molecule has 2 unspecified atom stereocenters. The van der Waals surface area contributed by atoms with E-state index in [-0.39, 0.29) is 24.6 Å². The van der Waals surface area contributed by atoms with Crippen LogP contribution in [0, 0.1) is 0 Å². The van der Waals surface area contributed by atoms with Crippen molar-refractivity contribution >= 4 is 12.4 Å². The van der Waals surface area contributed by atoms with Crippen molar-refractivity contribution in [3.63, 3.8) is 0 Å². The van der Waals surface area contributed by atoms with Gasteiger partial charge in [-0.1, -0.05) is 0 Å². The molecule has 3 rings (SSSR count). The predicted octanol–water partition coefficient (Wildman–Crippen LogP) is 2.05. The summed E-state index contributed by atoms with van der Waals surface area (Å²) in [5.74, 6) is 1.77. The highest BCUT2D eigenvalue weighted by Crippen LogP contribution is 2.37. The van der Waals surface area contributed by atoms with Gasteiger partial charge in [0.05, 0.1) is 20.3 Å². The molecule has 0 amide bonds. The van der Waals surface area contributed by atoms with Crippen LogP contribution in [0.15, 0.2) is 12.1 Å². The third kappa shape index (κ3) is 2.98. The molecule has 0 aromatic heterocycles. The molecule has 4 nitrogen and oxygen atoms in total. The fourth-order valence-corrected chi connectivity index (χ4v) is 3.62. The lowest BCUT2D eigenvalue weighted by Gasteiger charge is -2.37. The fourth-order valence-electron chi connectivity index (χ4n) is 3.62. The minimum absolute atomic E-state index is 0. The first kappa shape index (κ1) is 16.4. The number of hydrogen-bond acceptors (Lipinski definition) is 4. The highest BCUT2D eigenvalue weighted by molar-refractivity contribution is 5.85. The molecule has 0 radical (unpaired) electrons. The molecule has 0 spiro atoms. The van der Waals surface area contributed by atoms with Crippen LogP contribution in [0.2, 0.25) is 0 Å². The van der Waals surface area contributed by atoms with E-state index in [9.17, 15) is 5.11 Å². The van der Waals surface area contributed by atoms with E-state index in [0.717, 1.165) is 36.6 Å². The van der Waals surface area contributed by atoms with Crippen LogP contribution in [0.5, 0.6) is 11.5 Å². The van der Waals surface area contributed by atoms with Crippen molar-refractivity contribution in [2.75, 3.05) is 27.3 Å². The zero-order valence-corrected chi connectivity index (χ0v) is 13.5. The summed E-state index contributed by atoms with van der Waals surface area (Å²) in [5, 5.41) is 10.5. The first-order chi connectivity index (χ1) is 9.74. The summed E-state index contributed by atoms with van der Waals surface area (Å²) in [7, 11) is 3.39. The van der Waals surface area contributed by atoms with Gasteiger partial charge in [0.1, 0.15) is 11.5 Å². The first-order valence-electron chi connectivity index (χ1n) is 7.39. The van der Waals surface area contributed by atoms with E-state index in [1.807, 2.05) is 12.1 Å². The Hall–Kier alpha value is -0.970. The number of likely N-dealkylation sites (tertiary alicyclic amines) is 1. The molecule has 2 aliphatic rings. The standard InChI is InChI=1S/C16H23NO3.ClH/c1-19-15-5-6-16(20-2)12-10-14(18)13(9-11(12)15)17-7-3-4-8-17;/h5-6,13-14,18H,3-4,7-10H2,1-2H3;1H. The number of hydrogen-bond donors (Lipinski definition) is 1. The quantitative estimate of drug-likeness (QED) is 0.927. The van der Waals surface area contributed by atoms with Crippen LogP contribution in [0.4, 0.5) is 0 Å². The summed E-state index contributed by atoms with van der Waals surface area (Å²) < 4.78 is 10.9. The van der Waals surface area contributed by atoms with Crippen LogP contribution in [0.1, 0.15) is 24.0 Å². The average molecular weight is 314 g/mol. The van der Waals surface area contributed by atoms with Crippen molar-refractivity contribution in [3.05, 3.63) is 23.3 Å². The summed E-state index contributed by atoms with van der Waals surface area (Å²) >= 11 is 0. The number of aliphatic hydroxyl groups is 1. The van der Waals surface area contributed by atoms with Gasteiger partial charge in [0.25, 0.3) is 0 Å². The predicted molar refractivity (Wildman–Crippen MR) is 84.8 cm³/mol. The van der Waals surface area contributed by atoms with Gasteiger partial charge in [0.2, 0.25) is 0 Å². The van der Waals surface area contributed by atoms with E-state index >= 15 is 0 Å². The Balaban J connectivity index is 0.00000161. The summed E-state index contributed by atoms with van der Waals surface area (Å²) in [4.78, 5) is 2.42. The van der Waals surface area contributed by atoms with Crippen LogP contribution in [0.3, 0.4) is 0 Å². The van der Waals surface area contributed by atoms with Gasteiger partial charge in [-0.15, -0.1) is 12.4 Å². The lowest BCUT2D eigenvalue weighted by Crippen LogP contribution is -2.47. The molecule has 5 heteroatoms. The molecule has 1 saturated heterocycles. The SMILES string of the molecule is COc1ccc(OC)c2c1CC(O)C(N1CCCC1)C2.Cl. The van der Waals surface area contributed by atoms with Crippen LogP contribution in [-0.2, 0) is 12.8 Å². The van der Waals surface area contributed by atoms with Crippen molar-refractivity contribution in [1.82, 2.24) is 4.90 Å². The number of benzene rings is 1. The maximum atomic E-state index is 10.5. The summed E-state index contributed by atoms with van der Waals surface area (Å²) in [6, 6.07) is 4.11. The van der Waals surface area contributed by atoms with Gasteiger partial charge in [0.15, 0.2) is 0 Å². The van der Waals surface area contributed by atoms with Gasteiger partial charge < -0.3 is 14.6 Å². The second-order valence-corrected chi connectivity index (χ2v) is 5.71. The Morgan fingerprint density at radius 2 is 1.52 bits per heavy atom. The van der Waals surface area contributed by atoms with E-state index < -0.39 is 0 Å². The second-order valence-electron chi connectivity index (χ2n) is 5.71. The number of rotatable bonds is 3. The largest absolute Gasteiger partial charge is 0.496 e. The Kier molecular flexibility index (Phi) is 5.36. The molecule has 1 heterocycles. The number of methoxy groups -OCH3 is 2. The molecule has 1 aromatic rings. The lowest BCUT2D eigenvalue weighted by molar-refractivity contribution is 0.0542. The number of nitrogens with zero attached hydrogens (tertiary/aromatic N) is 1. The van der Waals surface area contributed by atoms with E-state index in [4.69, 9.17) is 9.47 Å². The van der Waals surface area contributed by atoms with Gasteiger partial charge >= 0.3 is 0 Å². The average Bonchev–Trinajstić information content (AvgIpc) is 2.99. The van der Waals surface area contributed by atoms with Crippen molar-refractivity contribution in [1.29, 1.82) is 0 Å². The molecule has 1 N–H and O–H groups in total. The Bertz CT molecular complexity index is 489. The number of ether oxygens (including phenoxy) is 2. The van der Waals surface area contributed by atoms with Gasteiger partial charge in [0, 0.05) is 23.6 Å². The third-order valence-corrected chi connectivity index (χ3v) is 4.67. The topological polar surface area (TPSA) is 41.9 Å². The number of halogens is 1. The van der Waals surface area contributed by atoms with Crippen LogP contribution >= 0.6 is 12.4 Å². The molecule has 1 fully saturated rings. The highest BCUT2D eigenvalue weighted by Gasteiger charge is 2.35. The Morgan fingerprint density at radius 1 is 1.00 bits per heavy atom. The van der Waals surface area contributed by atoms with Crippen LogP contribution < -0.4 is 9.47 Å². The van der Waals surface area contributed by atoms with E-state index in [0.29, 0.717) is 6.42 Å². The van der Waals surface area contributed by atoms with Gasteiger partial charge in [-0.2, -0.15) is 0 Å². The molecule has 1 aromatic carbocycles. The highest BCUT2D eigenvalue weighted by atomic mass is 35.5. The molecule has 118 valence electrons. The van der Waals surface area contributed by atoms with Gasteiger partial charge in [-0.3, -0.25) is 4.90 Å². The van der Waals surface area contributed by atoms with Crippen molar-refractivity contribution in [2.45, 2.75) is 37.8 Å². The molecule has 1 aliphatic carbocycles. The normalized spacial score (nSPS) is 25.1. The van der Waals surface area contributed by atoms with Crippen LogP contribution in [-0.4, -0.2) is 49.5 Å². The van der Waals surface area contributed by atoms with E-state index in [1.54, 1.807) is 14.2 Å². The zero-order valence-electron chi connectivity index (χ0n) is 12.7. The van der Waals surface area contributed by atoms with Gasteiger partial charge in [-0.05, 0) is 44.5 Å². The summed E-state index contributed by atoms with van der Waals surface area (Å²) in [6.45, 7) is 2.20. The van der Waals surface area contributed by atoms with Crippen molar-refractivity contribution in [3.8, 4) is 11.5 Å². The molecule has 2 atom stereocenters. The van der Waals surface area contributed by atoms with Crippen molar-refractivity contribution < 1.29 is 14.6 Å². The molecule has 0 bridgehead atoms. The lowest BCUT2D eigenvalue weighted by atomic mass is 9.84. The Labute approximate surface area is 132 Å². The van der Waals surface area contributed by atoms with Gasteiger partial charge in [-0.25, -0.2) is 0 Å². The van der Waals surface area contributed by atoms with Crippen molar-refractivity contribution in [2.24, 2.45) is 0 Å². The maximum absolute atomic E-state index is 10.5. The minimum Gasteiger partial charge on any atom is -0.496 e. The zero-order chi connectivity index (χ0) is 14.1. The smallest absolute Gasteiger partial charge is 0.122 e. The summed E-state index contributed by atoms with van der Waals surface area (Å²) in [6.07, 6.45) is 3.66. The molecule has 0 saturated carbocycles. The molecular weight excluding hydrogens is 290 g/mol. The maximum Gasteiger partial charge on any atom is 0.122 e. The summed E-state index contributed by atoms with van der Waals surface area (Å²) in [5.41, 5.74) is 2.31. The first-order valence-corrected chi connectivity index (χ1v) is 7.39. The van der Waals surface area contributed by atoms with E-state index in [2.05, 4.69) is 4.90 Å². The van der Waals surface area contributed by atoms with E-state index in [1.165, 1.54) is 18.4 Å². The number of fused-ring (bicyclic) bond motifs is 1. The molecule has 1 aliphatic heterocycles. The molecule has 21 heavy (non-hydrogen) atoms. The molecular formula is C16H24ClNO3. The minimum atomic E-state index is -0.318.